The lowest BCUT2D eigenvalue weighted by molar-refractivity contribution is 0.576. The number of rotatable bonds is 7. The molecule has 0 amide bonds. The third-order valence-corrected chi connectivity index (χ3v) is 3.38. The molecular weight excluding hydrogens is 256 g/mol. The van der Waals surface area contributed by atoms with Crippen molar-refractivity contribution in [2.75, 3.05) is 29.2 Å². The van der Waals surface area contributed by atoms with Gasteiger partial charge < -0.3 is 10.6 Å². The van der Waals surface area contributed by atoms with Crippen LogP contribution in [0.15, 0.2) is 6.07 Å². The highest BCUT2D eigenvalue weighted by Gasteiger charge is 2.12. The summed E-state index contributed by atoms with van der Waals surface area (Å²) in [4.78, 5) is 3.88. The van der Waals surface area contributed by atoms with E-state index in [0.717, 1.165) is 24.0 Å². The molecule has 0 radical (unpaired) electrons. The molecule has 0 aromatic carbocycles. The predicted octanol–water partition coefficient (Wildman–Crippen LogP) is 3.35. The SMILES string of the molecule is CCSCCC(C)Nc1nc(NC)c(F)cc1F. The zero-order chi connectivity index (χ0) is 13.5. The lowest BCUT2D eigenvalue weighted by atomic mass is 10.2. The van der Waals surface area contributed by atoms with Crippen molar-refractivity contribution in [2.45, 2.75) is 26.3 Å². The van der Waals surface area contributed by atoms with E-state index in [1.807, 2.05) is 18.7 Å². The second-order valence-corrected chi connectivity index (χ2v) is 5.32. The lowest BCUT2D eigenvalue weighted by Crippen LogP contribution is -2.18. The highest BCUT2D eigenvalue weighted by molar-refractivity contribution is 7.99. The summed E-state index contributed by atoms with van der Waals surface area (Å²) in [7, 11) is 1.55. The molecule has 1 aromatic rings. The zero-order valence-corrected chi connectivity index (χ0v) is 11.7. The van der Waals surface area contributed by atoms with Gasteiger partial charge in [-0.15, -0.1) is 0 Å². The maximum absolute atomic E-state index is 13.5. The highest BCUT2D eigenvalue weighted by Crippen LogP contribution is 2.19. The second kappa shape index (κ2) is 7.41. The maximum Gasteiger partial charge on any atom is 0.168 e. The van der Waals surface area contributed by atoms with Crippen molar-refractivity contribution in [3.63, 3.8) is 0 Å². The van der Waals surface area contributed by atoms with Gasteiger partial charge in [0, 0.05) is 19.2 Å². The minimum Gasteiger partial charge on any atom is -0.371 e. The fourth-order valence-electron chi connectivity index (χ4n) is 1.45. The molecule has 0 saturated heterocycles. The first-order valence-corrected chi connectivity index (χ1v) is 7.12. The van der Waals surface area contributed by atoms with Crippen LogP contribution in [0.1, 0.15) is 20.3 Å². The van der Waals surface area contributed by atoms with E-state index >= 15 is 0 Å². The van der Waals surface area contributed by atoms with Gasteiger partial charge in [0.1, 0.15) is 0 Å². The van der Waals surface area contributed by atoms with Crippen molar-refractivity contribution < 1.29 is 8.78 Å². The molecule has 0 spiro atoms. The second-order valence-electron chi connectivity index (χ2n) is 3.93. The fourth-order valence-corrected chi connectivity index (χ4v) is 2.26. The first kappa shape index (κ1) is 15.0. The molecule has 6 heteroatoms. The van der Waals surface area contributed by atoms with E-state index in [9.17, 15) is 8.78 Å². The summed E-state index contributed by atoms with van der Waals surface area (Å²) >= 11 is 1.83. The first-order chi connectivity index (χ1) is 8.58. The third-order valence-electron chi connectivity index (χ3n) is 2.45. The largest absolute Gasteiger partial charge is 0.371 e. The Morgan fingerprint density at radius 1 is 1.33 bits per heavy atom. The highest BCUT2D eigenvalue weighted by atomic mass is 32.2. The lowest BCUT2D eigenvalue weighted by Gasteiger charge is -2.15. The monoisotopic (exact) mass is 275 g/mol. The Bertz CT molecular complexity index is 388. The number of anilines is 2. The summed E-state index contributed by atoms with van der Waals surface area (Å²) < 4.78 is 26.7. The molecule has 102 valence electrons. The van der Waals surface area contributed by atoms with Crippen LogP contribution in [0, 0.1) is 11.6 Å². The van der Waals surface area contributed by atoms with Crippen LogP contribution >= 0.6 is 11.8 Å². The summed E-state index contributed by atoms with van der Waals surface area (Å²) in [5, 5.41) is 5.56. The summed E-state index contributed by atoms with van der Waals surface area (Å²) in [5.74, 6) is 0.867. The Kier molecular flexibility index (Phi) is 6.18. The Labute approximate surface area is 111 Å². The van der Waals surface area contributed by atoms with Crippen LogP contribution < -0.4 is 10.6 Å². The minimum absolute atomic E-state index is 0.0500. The number of hydrogen-bond acceptors (Lipinski definition) is 4. The van der Waals surface area contributed by atoms with Crippen LogP contribution in [0.4, 0.5) is 20.4 Å². The van der Waals surface area contributed by atoms with Crippen LogP contribution in [0.25, 0.3) is 0 Å². The van der Waals surface area contributed by atoms with Crippen molar-refractivity contribution in [3.05, 3.63) is 17.7 Å². The molecule has 0 aliphatic carbocycles. The van der Waals surface area contributed by atoms with Gasteiger partial charge in [0.15, 0.2) is 23.3 Å². The molecule has 3 nitrogen and oxygen atoms in total. The Balaban J connectivity index is 2.65. The van der Waals surface area contributed by atoms with E-state index in [2.05, 4.69) is 22.5 Å². The molecule has 0 aliphatic rings. The molecule has 1 aromatic heterocycles. The van der Waals surface area contributed by atoms with E-state index < -0.39 is 11.6 Å². The molecule has 0 aliphatic heterocycles. The maximum atomic E-state index is 13.5. The Morgan fingerprint density at radius 2 is 2.00 bits per heavy atom. The van der Waals surface area contributed by atoms with Crippen LogP contribution in [0.5, 0.6) is 0 Å². The summed E-state index contributed by atoms with van der Waals surface area (Å²) in [5.41, 5.74) is 0. The molecule has 1 rings (SSSR count). The summed E-state index contributed by atoms with van der Waals surface area (Å²) in [6.45, 7) is 4.06. The summed E-state index contributed by atoms with van der Waals surface area (Å²) in [6.07, 6.45) is 0.909. The van der Waals surface area contributed by atoms with Crippen molar-refractivity contribution in [1.29, 1.82) is 0 Å². The smallest absolute Gasteiger partial charge is 0.168 e. The number of halogens is 2. The van der Waals surface area contributed by atoms with E-state index in [4.69, 9.17) is 0 Å². The van der Waals surface area contributed by atoms with Crippen LogP contribution in [-0.4, -0.2) is 29.6 Å². The van der Waals surface area contributed by atoms with E-state index in [1.165, 1.54) is 0 Å². The van der Waals surface area contributed by atoms with Gasteiger partial charge in [-0.3, -0.25) is 0 Å². The van der Waals surface area contributed by atoms with E-state index in [1.54, 1.807) is 7.05 Å². The quantitative estimate of drug-likeness (QED) is 0.748. The molecule has 0 fully saturated rings. The van der Waals surface area contributed by atoms with Crippen LogP contribution in [0.3, 0.4) is 0 Å². The van der Waals surface area contributed by atoms with Gasteiger partial charge in [-0.05, 0) is 24.9 Å². The normalized spacial score (nSPS) is 12.3. The average Bonchev–Trinajstić information content (AvgIpc) is 2.33. The molecular formula is C12H19F2N3S. The van der Waals surface area contributed by atoms with Gasteiger partial charge in [0.05, 0.1) is 0 Å². The van der Waals surface area contributed by atoms with Gasteiger partial charge in [-0.1, -0.05) is 6.92 Å². The van der Waals surface area contributed by atoms with Gasteiger partial charge in [-0.2, -0.15) is 11.8 Å². The molecule has 2 N–H and O–H groups in total. The Hall–Kier alpha value is -1.04. The van der Waals surface area contributed by atoms with Gasteiger partial charge in [0.2, 0.25) is 0 Å². The van der Waals surface area contributed by atoms with E-state index in [0.29, 0.717) is 0 Å². The van der Waals surface area contributed by atoms with Crippen molar-refractivity contribution in [3.8, 4) is 0 Å². The molecule has 1 unspecified atom stereocenters. The number of nitrogens with zero attached hydrogens (tertiary/aromatic N) is 1. The predicted molar refractivity (Wildman–Crippen MR) is 74.4 cm³/mol. The van der Waals surface area contributed by atoms with Gasteiger partial charge >= 0.3 is 0 Å². The third kappa shape index (κ3) is 4.33. The van der Waals surface area contributed by atoms with E-state index in [-0.39, 0.29) is 17.7 Å². The molecule has 0 saturated carbocycles. The zero-order valence-electron chi connectivity index (χ0n) is 10.9. The number of pyridine rings is 1. The van der Waals surface area contributed by atoms with Crippen LogP contribution in [-0.2, 0) is 0 Å². The molecule has 18 heavy (non-hydrogen) atoms. The Morgan fingerprint density at radius 3 is 2.61 bits per heavy atom. The number of thioether (sulfide) groups is 1. The van der Waals surface area contributed by atoms with Gasteiger partial charge in [-0.25, -0.2) is 13.8 Å². The van der Waals surface area contributed by atoms with Crippen LogP contribution in [0.2, 0.25) is 0 Å². The molecule has 1 atom stereocenters. The fraction of sp³-hybridized carbons (Fsp3) is 0.583. The van der Waals surface area contributed by atoms with Crippen molar-refractivity contribution >= 4 is 23.4 Å². The standard InChI is InChI=1S/C12H19F2N3S/c1-4-18-6-5-8(2)16-12-10(14)7-9(13)11(15-3)17-12/h7-8H,4-6H2,1-3H3,(H2,15,16,17). The summed E-state index contributed by atoms with van der Waals surface area (Å²) in [6, 6.07) is 0.940. The molecule has 1 heterocycles. The van der Waals surface area contributed by atoms with Gasteiger partial charge in [0.25, 0.3) is 0 Å². The number of hydrogen-bond donors (Lipinski definition) is 2. The topological polar surface area (TPSA) is 37.0 Å². The van der Waals surface area contributed by atoms with Crippen molar-refractivity contribution in [1.82, 2.24) is 4.98 Å². The average molecular weight is 275 g/mol. The minimum atomic E-state index is -0.685. The molecule has 0 bridgehead atoms. The van der Waals surface area contributed by atoms with Crippen molar-refractivity contribution in [2.24, 2.45) is 0 Å². The first-order valence-electron chi connectivity index (χ1n) is 5.96. The number of nitrogens with one attached hydrogen (secondary N) is 2. The number of aromatic nitrogens is 1.